The summed E-state index contributed by atoms with van der Waals surface area (Å²) in [7, 11) is 3.77. The molecule has 0 radical (unpaired) electrons. The third kappa shape index (κ3) is 5.39. The van der Waals surface area contributed by atoms with Crippen molar-refractivity contribution in [2.24, 2.45) is 0 Å². The Kier molecular flexibility index (Phi) is 6.25. The second-order valence-electron chi connectivity index (χ2n) is 5.65. The molecule has 2 aromatic carbocycles. The number of nitrogens with zero attached hydrogens (tertiary/aromatic N) is 1. The van der Waals surface area contributed by atoms with Crippen LogP contribution in [-0.2, 0) is 4.79 Å². The van der Waals surface area contributed by atoms with Crippen LogP contribution < -0.4 is 20.5 Å². The third-order valence-corrected chi connectivity index (χ3v) is 3.67. The lowest BCUT2D eigenvalue weighted by Crippen LogP contribution is -2.43. The van der Waals surface area contributed by atoms with Crippen molar-refractivity contribution in [3.8, 4) is 5.75 Å². The van der Waals surface area contributed by atoms with Crippen molar-refractivity contribution < 1.29 is 14.3 Å². The molecule has 2 rings (SSSR count). The largest absolute Gasteiger partial charge is 0.483 e. The number of halogens is 1. The number of nitrogens with one attached hydrogen (secondary N) is 2. The van der Waals surface area contributed by atoms with E-state index in [1.165, 1.54) is 0 Å². The van der Waals surface area contributed by atoms with Crippen LogP contribution in [0.15, 0.2) is 42.5 Å². The van der Waals surface area contributed by atoms with E-state index in [0.29, 0.717) is 16.3 Å². The van der Waals surface area contributed by atoms with E-state index in [0.717, 1.165) is 11.3 Å². The molecule has 0 aromatic heterocycles. The second kappa shape index (κ2) is 8.39. The van der Waals surface area contributed by atoms with Gasteiger partial charge in [-0.05, 0) is 48.9 Å². The maximum Gasteiger partial charge on any atom is 0.276 e. The quantitative estimate of drug-likeness (QED) is 0.803. The van der Waals surface area contributed by atoms with Crippen LogP contribution in [0.4, 0.5) is 5.69 Å². The van der Waals surface area contributed by atoms with Gasteiger partial charge in [-0.15, -0.1) is 0 Å². The molecule has 2 aromatic rings. The van der Waals surface area contributed by atoms with E-state index in [1.54, 1.807) is 36.4 Å². The van der Waals surface area contributed by atoms with Crippen LogP contribution in [0.1, 0.15) is 15.9 Å². The first-order chi connectivity index (χ1) is 11.9. The molecule has 6 nitrogen and oxygen atoms in total. The fourth-order valence-corrected chi connectivity index (χ4v) is 2.30. The summed E-state index contributed by atoms with van der Waals surface area (Å²) >= 11 is 5.87. The van der Waals surface area contributed by atoms with Gasteiger partial charge in [-0.3, -0.25) is 20.4 Å². The van der Waals surface area contributed by atoms with Crippen LogP contribution in [0.2, 0.25) is 5.02 Å². The Morgan fingerprint density at radius 3 is 2.56 bits per heavy atom. The molecule has 0 spiro atoms. The summed E-state index contributed by atoms with van der Waals surface area (Å²) in [5.41, 5.74) is 6.85. The zero-order chi connectivity index (χ0) is 18.4. The molecule has 2 amide bonds. The first-order valence-electron chi connectivity index (χ1n) is 7.62. The predicted octanol–water partition coefficient (Wildman–Crippen LogP) is 2.55. The van der Waals surface area contributed by atoms with E-state index in [2.05, 4.69) is 10.9 Å². The highest BCUT2D eigenvalue weighted by Crippen LogP contribution is 2.21. The second-order valence-corrected chi connectivity index (χ2v) is 6.08. The minimum atomic E-state index is -0.466. The van der Waals surface area contributed by atoms with Crippen molar-refractivity contribution in [2.45, 2.75) is 6.92 Å². The fraction of sp³-hybridized carbons (Fsp3) is 0.222. The number of rotatable bonds is 5. The van der Waals surface area contributed by atoms with Crippen molar-refractivity contribution in [1.82, 2.24) is 10.9 Å². The topological polar surface area (TPSA) is 70.7 Å². The predicted molar refractivity (Wildman–Crippen MR) is 98.1 cm³/mol. The summed E-state index contributed by atoms with van der Waals surface area (Å²) in [6, 6.07) is 12.2. The lowest BCUT2D eigenvalue weighted by Gasteiger charge is -2.14. The lowest BCUT2D eigenvalue weighted by molar-refractivity contribution is -0.123. The molecule has 0 fully saturated rings. The fourth-order valence-electron chi connectivity index (χ4n) is 2.08. The van der Waals surface area contributed by atoms with E-state index < -0.39 is 11.8 Å². The minimum Gasteiger partial charge on any atom is -0.483 e. The van der Waals surface area contributed by atoms with Crippen molar-refractivity contribution in [2.75, 3.05) is 25.6 Å². The summed E-state index contributed by atoms with van der Waals surface area (Å²) < 4.78 is 5.41. The van der Waals surface area contributed by atoms with Gasteiger partial charge in [-0.2, -0.15) is 0 Å². The molecule has 0 aliphatic heterocycles. The SMILES string of the molecule is Cc1cc(Cl)ccc1OCC(=O)NNC(=O)c1cccc(N(C)C)c1. The number of anilines is 1. The molecule has 25 heavy (non-hydrogen) atoms. The number of ether oxygens (including phenoxy) is 1. The van der Waals surface area contributed by atoms with Crippen LogP contribution in [0, 0.1) is 6.92 Å². The first kappa shape index (κ1) is 18.6. The average molecular weight is 362 g/mol. The smallest absolute Gasteiger partial charge is 0.276 e. The van der Waals surface area contributed by atoms with Crippen molar-refractivity contribution in [3.63, 3.8) is 0 Å². The lowest BCUT2D eigenvalue weighted by atomic mass is 10.2. The maximum atomic E-state index is 12.1. The molecule has 0 bridgehead atoms. The van der Waals surface area contributed by atoms with E-state index >= 15 is 0 Å². The van der Waals surface area contributed by atoms with Crippen molar-refractivity contribution in [1.29, 1.82) is 0 Å². The van der Waals surface area contributed by atoms with Crippen LogP contribution in [0.5, 0.6) is 5.75 Å². The summed E-state index contributed by atoms with van der Waals surface area (Å²) in [6.07, 6.45) is 0. The van der Waals surface area contributed by atoms with Gasteiger partial charge in [0.05, 0.1) is 0 Å². The molecule has 0 aliphatic carbocycles. The third-order valence-electron chi connectivity index (χ3n) is 3.44. The number of carbonyl (C=O) groups is 2. The molecule has 0 saturated carbocycles. The Balaban J connectivity index is 1.85. The molecule has 0 saturated heterocycles. The summed E-state index contributed by atoms with van der Waals surface area (Å²) in [5.74, 6) is -0.309. The van der Waals surface area contributed by atoms with Gasteiger partial charge in [-0.1, -0.05) is 17.7 Å². The van der Waals surface area contributed by atoms with Gasteiger partial charge in [0.1, 0.15) is 5.75 Å². The summed E-state index contributed by atoms with van der Waals surface area (Å²) in [4.78, 5) is 25.8. The number of hydrogen-bond donors (Lipinski definition) is 2. The Hall–Kier alpha value is -2.73. The number of amides is 2. The highest BCUT2D eigenvalue weighted by molar-refractivity contribution is 6.30. The molecular weight excluding hydrogens is 342 g/mol. The molecule has 0 heterocycles. The number of hydrazine groups is 1. The molecule has 2 N–H and O–H groups in total. The van der Waals surface area contributed by atoms with Crippen molar-refractivity contribution in [3.05, 3.63) is 58.6 Å². The van der Waals surface area contributed by atoms with Crippen LogP contribution in [0.3, 0.4) is 0 Å². The van der Waals surface area contributed by atoms with Gasteiger partial charge >= 0.3 is 0 Å². The van der Waals surface area contributed by atoms with Crippen LogP contribution >= 0.6 is 11.6 Å². The van der Waals surface area contributed by atoms with Crippen LogP contribution in [0.25, 0.3) is 0 Å². The summed E-state index contributed by atoms with van der Waals surface area (Å²) in [5, 5.41) is 0.599. The molecule has 0 aliphatic rings. The van der Waals surface area contributed by atoms with E-state index in [9.17, 15) is 9.59 Å². The Bertz CT molecular complexity index is 778. The zero-order valence-electron chi connectivity index (χ0n) is 14.3. The van der Waals surface area contributed by atoms with Gasteiger partial charge in [0, 0.05) is 30.4 Å². The van der Waals surface area contributed by atoms with Gasteiger partial charge < -0.3 is 9.64 Å². The average Bonchev–Trinajstić information content (AvgIpc) is 2.59. The number of hydrogen-bond acceptors (Lipinski definition) is 4. The standard InChI is InChI=1S/C18H20ClN3O3/c1-12-9-14(19)7-8-16(12)25-11-17(23)20-21-18(24)13-5-4-6-15(10-13)22(2)3/h4-10H,11H2,1-3H3,(H,20,23)(H,21,24). The maximum absolute atomic E-state index is 12.1. The van der Waals surface area contributed by atoms with Crippen molar-refractivity contribution >= 4 is 29.1 Å². The highest BCUT2D eigenvalue weighted by Gasteiger charge is 2.10. The van der Waals surface area contributed by atoms with Crippen LogP contribution in [-0.4, -0.2) is 32.5 Å². The van der Waals surface area contributed by atoms with E-state index in [1.807, 2.05) is 32.0 Å². The first-order valence-corrected chi connectivity index (χ1v) is 8.00. The Morgan fingerprint density at radius 1 is 1.12 bits per heavy atom. The number of aryl methyl sites for hydroxylation is 1. The molecule has 0 atom stereocenters. The van der Waals surface area contributed by atoms with Gasteiger partial charge in [0.25, 0.3) is 11.8 Å². The monoisotopic (exact) mass is 361 g/mol. The molecule has 7 heteroatoms. The number of carbonyl (C=O) groups excluding carboxylic acids is 2. The Morgan fingerprint density at radius 2 is 1.88 bits per heavy atom. The number of benzene rings is 2. The molecular formula is C18H20ClN3O3. The summed E-state index contributed by atoms with van der Waals surface area (Å²) in [6.45, 7) is 1.61. The minimum absolute atomic E-state index is 0.222. The van der Waals surface area contributed by atoms with E-state index in [-0.39, 0.29) is 6.61 Å². The molecule has 132 valence electrons. The van der Waals surface area contributed by atoms with Gasteiger partial charge in [-0.25, -0.2) is 0 Å². The van der Waals surface area contributed by atoms with Gasteiger partial charge in [0.2, 0.25) is 0 Å². The highest BCUT2D eigenvalue weighted by atomic mass is 35.5. The Labute approximate surface area is 151 Å². The van der Waals surface area contributed by atoms with Gasteiger partial charge in [0.15, 0.2) is 6.61 Å². The molecule has 0 unspecified atom stereocenters. The van der Waals surface area contributed by atoms with E-state index in [4.69, 9.17) is 16.3 Å². The normalized spacial score (nSPS) is 10.1. The zero-order valence-corrected chi connectivity index (χ0v) is 15.1.